The van der Waals surface area contributed by atoms with Gasteiger partial charge < -0.3 is 19.1 Å². The maximum absolute atomic E-state index is 12.1. The molecule has 0 radical (unpaired) electrons. The third-order valence-corrected chi connectivity index (χ3v) is 3.95. The molecule has 0 bridgehead atoms. The fourth-order valence-electron chi connectivity index (χ4n) is 1.95. The summed E-state index contributed by atoms with van der Waals surface area (Å²) in [5, 5.41) is 1.88. The molecule has 0 saturated heterocycles. The topological polar surface area (TPSA) is 60.9 Å². The second-order valence-corrected chi connectivity index (χ2v) is 5.57. The maximum Gasteiger partial charge on any atom is 0.248 e. The fraction of sp³-hybridized carbons (Fsp3) is 0.375. The molecule has 1 amide bonds. The number of ether oxygens (including phenoxy) is 3. The number of nitrogens with zero attached hydrogens (tertiary/aromatic N) is 2. The lowest BCUT2D eigenvalue weighted by Crippen LogP contribution is -2.29. The molecule has 1 aromatic heterocycles. The van der Waals surface area contributed by atoms with E-state index in [4.69, 9.17) is 14.2 Å². The molecular formula is C16H20N2O4S. The lowest BCUT2D eigenvalue weighted by atomic mass is 10.2. The number of likely N-dealkylation sites (N-methyl/N-ethyl adjacent to an activating group) is 1. The van der Waals surface area contributed by atoms with Gasteiger partial charge >= 0.3 is 0 Å². The minimum absolute atomic E-state index is 0.0302. The predicted octanol–water partition coefficient (Wildman–Crippen LogP) is 2.34. The monoisotopic (exact) mass is 336 g/mol. The van der Waals surface area contributed by atoms with Crippen molar-refractivity contribution in [2.45, 2.75) is 13.2 Å². The lowest BCUT2D eigenvalue weighted by Gasteiger charge is -2.17. The largest absolute Gasteiger partial charge is 0.497 e. The van der Waals surface area contributed by atoms with E-state index in [-0.39, 0.29) is 12.5 Å². The van der Waals surface area contributed by atoms with E-state index in [0.29, 0.717) is 19.0 Å². The highest BCUT2D eigenvalue weighted by molar-refractivity contribution is 7.03. The van der Waals surface area contributed by atoms with Crippen molar-refractivity contribution in [3.8, 4) is 11.6 Å². The Kier molecular flexibility index (Phi) is 6.37. The minimum atomic E-state index is -0.0910. The molecule has 0 aliphatic heterocycles. The van der Waals surface area contributed by atoms with Crippen molar-refractivity contribution < 1.29 is 19.0 Å². The molecule has 124 valence electrons. The Bertz CT molecular complexity index is 627. The quantitative estimate of drug-likeness (QED) is 0.740. The SMILES string of the molecule is COc1ccc(COCC(=O)N(C)Cc2csnc2OC)cc1. The van der Waals surface area contributed by atoms with Crippen LogP contribution in [0.15, 0.2) is 29.6 Å². The highest BCUT2D eigenvalue weighted by Gasteiger charge is 2.13. The zero-order chi connectivity index (χ0) is 16.7. The Morgan fingerprint density at radius 2 is 1.96 bits per heavy atom. The Labute approximate surface area is 139 Å². The molecule has 0 N–H and O–H groups in total. The van der Waals surface area contributed by atoms with Gasteiger partial charge in [0, 0.05) is 18.0 Å². The number of methoxy groups -OCH3 is 2. The molecule has 0 unspecified atom stereocenters. The third-order valence-electron chi connectivity index (χ3n) is 3.29. The van der Waals surface area contributed by atoms with Crippen LogP contribution in [0.2, 0.25) is 0 Å². The third kappa shape index (κ3) is 4.94. The van der Waals surface area contributed by atoms with E-state index >= 15 is 0 Å². The van der Waals surface area contributed by atoms with Gasteiger partial charge in [0.2, 0.25) is 11.8 Å². The number of hydrogen-bond donors (Lipinski definition) is 0. The first-order valence-corrected chi connectivity index (χ1v) is 7.89. The Hall–Kier alpha value is -2.12. The van der Waals surface area contributed by atoms with Crippen LogP contribution in [-0.2, 0) is 22.7 Å². The molecule has 7 heteroatoms. The number of benzene rings is 1. The summed E-state index contributed by atoms with van der Waals surface area (Å²) in [6.07, 6.45) is 0. The summed E-state index contributed by atoms with van der Waals surface area (Å²) in [5.41, 5.74) is 1.88. The molecular weight excluding hydrogens is 316 g/mol. The Balaban J connectivity index is 1.77. The molecule has 0 fully saturated rings. The summed E-state index contributed by atoms with van der Waals surface area (Å²) in [5.74, 6) is 1.27. The van der Waals surface area contributed by atoms with Gasteiger partial charge in [0.05, 0.1) is 27.4 Å². The van der Waals surface area contributed by atoms with Crippen LogP contribution in [0.5, 0.6) is 11.6 Å². The number of rotatable bonds is 8. The van der Waals surface area contributed by atoms with Gasteiger partial charge in [-0.25, -0.2) is 0 Å². The van der Waals surface area contributed by atoms with Gasteiger partial charge in [0.25, 0.3) is 0 Å². The smallest absolute Gasteiger partial charge is 0.248 e. The summed E-state index contributed by atoms with van der Waals surface area (Å²) in [6, 6.07) is 7.55. The van der Waals surface area contributed by atoms with Crippen LogP contribution in [0, 0.1) is 0 Å². The molecule has 0 aliphatic rings. The Morgan fingerprint density at radius 1 is 1.22 bits per heavy atom. The fourth-order valence-corrected chi connectivity index (χ4v) is 2.59. The van der Waals surface area contributed by atoms with Crippen LogP contribution >= 0.6 is 11.5 Å². The zero-order valence-corrected chi connectivity index (χ0v) is 14.3. The van der Waals surface area contributed by atoms with Crippen molar-refractivity contribution in [3.63, 3.8) is 0 Å². The van der Waals surface area contributed by atoms with Gasteiger partial charge in [0.15, 0.2) is 0 Å². The van der Waals surface area contributed by atoms with Crippen molar-refractivity contribution in [3.05, 3.63) is 40.8 Å². The van der Waals surface area contributed by atoms with E-state index < -0.39 is 0 Å². The summed E-state index contributed by atoms with van der Waals surface area (Å²) >= 11 is 1.31. The van der Waals surface area contributed by atoms with Crippen LogP contribution in [0.25, 0.3) is 0 Å². The molecule has 0 spiro atoms. The van der Waals surface area contributed by atoms with E-state index in [1.807, 2.05) is 29.6 Å². The maximum atomic E-state index is 12.1. The van der Waals surface area contributed by atoms with Crippen molar-refractivity contribution in [2.75, 3.05) is 27.9 Å². The second kappa shape index (κ2) is 8.50. The van der Waals surface area contributed by atoms with Crippen LogP contribution in [-0.4, -0.2) is 43.1 Å². The van der Waals surface area contributed by atoms with Gasteiger partial charge in [-0.05, 0) is 29.2 Å². The van der Waals surface area contributed by atoms with Crippen molar-refractivity contribution in [2.24, 2.45) is 0 Å². The summed E-state index contributed by atoms with van der Waals surface area (Å²) in [4.78, 5) is 13.7. The standard InChI is InChI=1S/C16H20N2O4S/c1-18(8-13-11-23-17-16(13)21-3)15(19)10-22-9-12-4-6-14(20-2)7-5-12/h4-7,11H,8-10H2,1-3H3. The van der Waals surface area contributed by atoms with Gasteiger partial charge in [-0.1, -0.05) is 12.1 Å². The van der Waals surface area contributed by atoms with Crippen molar-refractivity contribution in [1.82, 2.24) is 9.27 Å². The highest BCUT2D eigenvalue weighted by Crippen LogP contribution is 2.20. The normalized spacial score (nSPS) is 10.4. The molecule has 0 atom stereocenters. The molecule has 0 saturated carbocycles. The van der Waals surface area contributed by atoms with Gasteiger partial charge in [-0.2, -0.15) is 4.37 Å². The first kappa shape index (κ1) is 17.2. The van der Waals surface area contributed by atoms with E-state index in [2.05, 4.69) is 4.37 Å². The average Bonchev–Trinajstić information content (AvgIpc) is 3.02. The van der Waals surface area contributed by atoms with E-state index in [0.717, 1.165) is 16.9 Å². The molecule has 1 aromatic carbocycles. The van der Waals surface area contributed by atoms with Gasteiger partial charge in [0.1, 0.15) is 12.4 Å². The molecule has 2 rings (SSSR count). The summed E-state index contributed by atoms with van der Waals surface area (Å²) < 4.78 is 19.8. The average molecular weight is 336 g/mol. The molecule has 2 aromatic rings. The molecule has 23 heavy (non-hydrogen) atoms. The van der Waals surface area contributed by atoms with E-state index in [1.165, 1.54) is 11.5 Å². The van der Waals surface area contributed by atoms with E-state index in [9.17, 15) is 4.79 Å². The molecule has 1 heterocycles. The molecule has 0 aliphatic carbocycles. The van der Waals surface area contributed by atoms with Crippen molar-refractivity contribution in [1.29, 1.82) is 0 Å². The number of aromatic nitrogens is 1. The Morgan fingerprint density at radius 3 is 2.61 bits per heavy atom. The van der Waals surface area contributed by atoms with Crippen molar-refractivity contribution >= 4 is 17.4 Å². The van der Waals surface area contributed by atoms with Crippen LogP contribution in [0.3, 0.4) is 0 Å². The first-order chi connectivity index (χ1) is 11.1. The lowest BCUT2D eigenvalue weighted by molar-refractivity contribution is -0.135. The number of amides is 1. The van der Waals surface area contributed by atoms with Gasteiger partial charge in [-0.15, -0.1) is 0 Å². The number of carbonyl (C=O) groups is 1. The number of carbonyl (C=O) groups excluding carboxylic acids is 1. The number of hydrogen-bond acceptors (Lipinski definition) is 6. The first-order valence-electron chi connectivity index (χ1n) is 7.06. The zero-order valence-electron chi connectivity index (χ0n) is 13.4. The second-order valence-electron chi connectivity index (χ2n) is 4.94. The highest BCUT2D eigenvalue weighted by atomic mass is 32.1. The molecule has 6 nitrogen and oxygen atoms in total. The van der Waals surface area contributed by atoms with Crippen LogP contribution in [0.1, 0.15) is 11.1 Å². The van der Waals surface area contributed by atoms with E-state index in [1.54, 1.807) is 26.2 Å². The minimum Gasteiger partial charge on any atom is -0.497 e. The summed E-state index contributed by atoms with van der Waals surface area (Å²) in [6.45, 7) is 0.861. The van der Waals surface area contributed by atoms with Gasteiger partial charge in [-0.3, -0.25) is 4.79 Å². The van der Waals surface area contributed by atoms with Crippen LogP contribution < -0.4 is 9.47 Å². The van der Waals surface area contributed by atoms with Crippen LogP contribution in [0.4, 0.5) is 0 Å². The predicted molar refractivity (Wildman–Crippen MR) is 87.8 cm³/mol. The summed E-state index contributed by atoms with van der Waals surface area (Å²) in [7, 11) is 4.92.